The Morgan fingerprint density at radius 3 is 2.80 bits per heavy atom. The van der Waals surface area contributed by atoms with Crippen molar-refractivity contribution in [2.45, 2.75) is 18.9 Å². The Kier molecular flexibility index (Phi) is 3.75. The van der Waals surface area contributed by atoms with Crippen molar-refractivity contribution < 1.29 is 19.9 Å². The van der Waals surface area contributed by atoms with E-state index in [4.69, 9.17) is 5.11 Å². The van der Waals surface area contributed by atoms with Gasteiger partial charge in [0.2, 0.25) is 0 Å². The van der Waals surface area contributed by atoms with E-state index in [1.165, 1.54) is 11.4 Å². The fourth-order valence-corrected chi connectivity index (χ4v) is 1.81. The number of nitrogens with zero attached hydrogens (tertiary/aromatic N) is 1. The van der Waals surface area contributed by atoms with Crippen LogP contribution in [0.3, 0.4) is 0 Å². The molecular weight excluding hydrogens is 222 g/mol. The highest BCUT2D eigenvalue weighted by Gasteiger charge is 2.16. The zero-order chi connectivity index (χ0) is 11.4. The summed E-state index contributed by atoms with van der Waals surface area (Å²) >= 11 is 0.914. The molecule has 1 atom stereocenters. The van der Waals surface area contributed by atoms with Gasteiger partial charge in [-0.15, -0.1) is 0 Å². The second-order valence-corrected chi connectivity index (χ2v) is 3.81. The van der Waals surface area contributed by atoms with Crippen LogP contribution in [-0.2, 0) is 4.79 Å². The summed E-state index contributed by atoms with van der Waals surface area (Å²) in [6.45, 7) is 0. The van der Waals surface area contributed by atoms with Crippen LogP contribution in [0.25, 0.3) is 0 Å². The van der Waals surface area contributed by atoms with Gasteiger partial charge in [-0.3, -0.25) is 14.9 Å². The van der Waals surface area contributed by atoms with E-state index in [0.29, 0.717) is 5.56 Å². The van der Waals surface area contributed by atoms with E-state index >= 15 is 0 Å². The fourth-order valence-electron chi connectivity index (χ4n) is 1.04. The van der Waals surface area contributed by atoms with Gasteiger partial charge in [0.25, 0.3) is 0 Å². The SMILES string of the molecule is O=C(O)CCC(O)c1csc([N+](=O)[O-])c1. The van der Waals surface area contributed by atoms with Crippen molar-refractivity contribution in [3.05, 3.63) is 27.1 Å². The lowest BCUT2D eigenvalue weighted by Gasteiger charge is -2.05. The number of carbonyl (C=O) groups is 1. The Balaban J connectivity index is 2.61. The van der Waals surface area contributed by atoms with Crippen LogP contribution in [0.5, 0.6) is 0 Å². The molecule has 0 fully saturated rings. The molecule has 0 aromatic carbocycles. The number of carboxylic acid groups (broad SMARTS) is 1. The van der Waals surface area contributed by atoms with Gasteiger partial charge in [0.1, 0.15) is 0 Å². The van der Waals surface area contributed by atoms with Gasteiger partial charge >= 0.3 is 11.0 Å². The molecule has 0 spiro atoms. The molecule has 0 aliphatic heterocycles. The van der Waals surface area contributed by atoms with Crippen LogP contribution in [-0.4, -0.2) is 21.1 Å². The first-order chi connectivity index (χ1) is 7.00. The lowest BCUT2D eigenvalue weighted by molar-refractivity contribution is -0.380. The maximum atomic E-state index is 10.3. The monoisotopic (exact) mass is 231 g/mol. The topological polar surface area (TPSA) is 101 Å². The second-order valence-electron chi connectivity index (χ2n) is 2.92. The van der Waals surface area contributed by atoms with Gasteiger partial charge in [-0.25, -0.2) is 0 Å². The van der Waals surface area contributed by atoms with E-state index in [1.807, 2.05) is 0 Å². The highest BCUT2D eigenvalue weighted by Crippen LogP contribution is 2.28. The summed E-state index contributed by atoms with van der Waals surface area (Å²) < 4.78 is 0. The van der Waals surface area contributed by atoms with Crippen molar-refractivity contribution in [2.24, 2.45) is 0 Å². The van der Waals surface area contributed by atoms with Crippen LogP contribution in [0.2, 0.25) is 0 Å². The summed E-state index contributed by atoms with van der Waals surface area (Å²) in [6, 6.07) is 1.26. The van der Waals surface area contributed by atoms with Gasteiger partial charge in [-0.2, -0.15) is 0 Å². The molecule has 82 valence electrons. The van der Waals surface area contributed by atoms with Gasteiger partial charge < -0.3 is 10.2 Å². The molecule has 0 saturated carbocycles. The van der Waals surface area contributed by atoms with Crippen LogP contribution in [0, 0.1) is 10.1 Å². The Labute approximate surface area is 88.9 Å². The summed E-state index contributed by atoms with van der Waals surface area (Å²) in [5.74, 6) is -1.00. The molecule has 1 rings (SSSR count). The van der Waals surface area contributed by atoms with Gasteiger partial charge in [0.15, 0.2) is 0 Å². The molecule has 0 aliphatic carbocycles. The Morgan fingerprint density at radius 2 is 2.33 bits per heavy atom. The Morgan fingerprint density at radius 1 is 1.67 bits per heavy atom. The molecule has 1 aromatic rings. The molecule has 2 N–H and O–H groups in total. The minimum atomic E-state index is -1.00. The molecule has 1 heterocycles. The van der Waals surface area contributed by atoms with E-state index in [2.05, 4.69) is 0 Å². The molecular formula is C8H9NO5S. The summed E-state index contributed by atoms with van der Waals surface area (Å²) in [5, 5.41) is 29.6. The second kappa shape index (κ2) is 4.85. The molecule has 7 heteroatoms. The third-order valence-corrected chi connectivity index (χ3v) is 2.70. The minimum Gasteiger partial charge on any atom is -0.481 e. The number of aliphatic hydroxyl groups excluding tert-OH is 1. The van der Waals surface area contributed by atoms with E-state index in [9.17, 15) is 20.0 Å². The van der Waals surface area contributed by atoms with Gasteiger partial charge in [-0.05, 0) is 12.0 Å². The normalized spacial score (nSPS) is 12.3. The van der Waals surface area contributed by atoms with Crippen molar-refractivity contribution in [3.63, 3.8) is 0 Å². The van der Waals surface area contributed by atoms with Crippen LogP contribution in [0.15, 0.2) is 11.4 Å². The maximum absolute atomic E-state index is 10.3. The number of hydrogen-bond donors (Lipinski definition) is 2. The number of thiophene rings is 1. The predicted molar refractivity (Wildman–Crippen MR) is 52.8 cm³/mol. The lowest BCUT2D eigenvalue weighted by Crippen LogP contribution is -2.01. The molecule has 1 aromatic heterocycles. The number of aliphatic carboxylic acids is 1. The molecule has 6 nitrogen and oxygen atoms in total. The average Bonchev–Trinajstić information content (AvgIpc) is 2.62. The van der Waals surface area contributed by atoms with E-state index in [-0.39, 0.29) is 17.8 Å². The highest BCUT2D eigenvalue weighted by molar-refractivity contribution is 7.13. The zero-order valence-electron chi connectivity index (χ0n) is 7.62. The molecule has 0 amide bonds. The van der Waals surface area contributed by atoms with Gasteiger partial charge in [0, 0.05) is 17.9 Å². The quantitative estimate of drug-likeness (QED) is 0.591. The molecule has 15 heavy (non-hydrogen) atoms. The zero-order valence-corrected chi connectivity index (χ0v) is 8.44. The van der Waals surface area contributed by atoms with Crippen molar-refractivity contribution in [1.82, 2.24) is 0 Å². The van der Waals surface area contributed by atoms with Crippen LogP contribution < -0.4 is 0 Å². The van der Waals surface area contributed by atoms with Crippen LogP contribution >= 0.6 is 11.3 Å². The maximum Gasteiger partial charge on any atom is 0.324 e. The highest BCUT2D eigenvalue weighted by atomic mass is 32.1. The molecule has 0 bridgehead atoms. The minimum absolute atomic E-state index is 0.0561. The summed E-state index contributed by atoms with van der Waals surface area (Å²) in [4.78, 5) is 20.0. The van der Waals surface area contributed by atoms with Crippen LogP contribution in [0.4, 0.5) is 5.00 Å². The third-order valence-electron chi connectivity index (χ3n) is 1.80. The Bertz CT molecular complexity index is 375. The third kappa shape index (κ3) is 3.30. The smallest absolute Gasteiger partial charge is 0.324 e. The standard InChI is InChI=1S/C8H9NO5S/c10-6(1-2-8(11)12)5-3-7(9(13)14)15-4-5/h3-4,6,10H,1-2H2,(H,11,12). The summed E-state index contributed by atoms with van der Waals surface area (Å²) in [5.41, 5.74) is 0.396. The number of carboxylic acids is 1. The predicted octanol–water partition coefficient (Wildman–Crippen LogP) is 1.55. The van der Waals surface area contributed by atoms with Crippen LogP contribution in [0.1, 0.15) is 24.5 Å². The summed E-state index contributed by atoms with van der Waals surface area (Å²) in [7, 11) is 0. The molecule has 0 aliphatic rings. The number of aliphatic hydroxyl groups is 1. The first-order valence-electron chi connectivity index (χ1n) is 4.13. The van der Waals surface area contributed by atoms with Gasteiger partial charge in [-0.1, -0.05) is 11.3 Å². The molecule has 1 unspecified atom stereocenters. The number of rotatable bonds is 5. The van der Waals surface area contributed by atoms with E-state index in [1.54, 1.807) is 0 Å². The molecule has 0 radical (unpaired) electrons. The van der Waals surface area contributed by atoms with Crippen molar-refractivity contribution >= 4 is 22.3 Å². The van der Waals surface area contributed by atoms with Gasteiger partial charge in [0.05, 0.1) is 11.0 Å². The number of nitro groups is 1. The largest absolute Gasteiger partial charge is 0.481 e. The average molecular weight is 231 g/mol. The first-order valence-corrected chi connectivity index (χ1v) is 5.01. The molecule has 0 saturated heterocycles. The van der Waals surface area contributed by atoms with Crippen molar-refractivity contribution in [1.29, 1.82) is 0 Å². The van der Waals surface area contributed by atoms with E-state index in [0.717, 1.165) is 11.3 Å². The number of hydrogen-bond acceptors (Lipinski definition) is 5. The fraction of sp³-hybridized carbons (Fsp3) is 0.375. The van der Waals surface area contributed by atoms with Crippen molar-refractivity contribution in [2.75, 3.05) is 0 Å². The van der Waals surface area contributed by atoms with Crippen molar-refractivity contribution in [3.8, 4) is 0 Å². The summed E-state index contributed by atoms with van der Waals surface area (Å²) in [6.07, 6.45) is -1.06. The first kappa shape index (κ1) is 11.6. The Hall–Kier alpha value is -1.47. The lowest BCUT2D eigenvalue weighted by atomic mass is 10.1. The van der Waals surface area contributed by atoms with E-state index < -0.39 is 17.0 Å².